The van der Waals surface area contributed by atoms with Crippen molar-refractivity contribution in [2.24, 2.45) is 0 Å². The first kappa shape index (κ1) is 19.2. The molecule has 0 aromatic carbocycles. The molecule has 0 unspecified atom stereocenters. The Kier molecular flexibility index (Phi) is 11.0. The van der Waals surface area contributed by atoms with Crippen molar-refractivity contribution in [2.45, 2.75) is 20.8 Å². The highest BCUT2D eigenvalue weighted by atomic mass is 32.2. The molecule has 0 aliphatic rings. The summed E-state index contributed by atoms with van der Waals surface area (Å²) in [6, 6.07) is 0. The molecule has 0 heterocycles. The molecule has 0 aliphatic heterocycles. The van der Waals surface area contributed by atoms with Crippen LogP contribution in [0.15, 0.2) is 12.0 Å². The molecule has 0 saturated heterocycles. The van der Waals surface area contributed by atoms with Crippen LogP contribution in [-0.4, -0.2) is 35.1 Å². The molecule has 0 aromatic rings. The van der Waals surface area contributed by atoms with E-state index < -0.39 is 19.7 Å². The van der Waals surface area contributed by atoms with Crippen molar-refractivity contribution in [3.63, 3.8) is 0 Å². The first-order valence-corrected chi connectivity index (χ1v) is 7.64. The molecule has 0 rings (SSSR count). The minimum Gasteiger partial charge on any atom is -0.229 e. The lowest BCUT2D eigenvalue weighted by Crippen LogP contribution is -2.00. The van der Waals surface area contributed by atoms with Crippen molar-refractivity contribution in [3.05, 3.63) is 12.0 Å². The van der Waals surface area contributed by atoms with Gasteiger partial charge in [0.15, 0.2) is 9.84 Å². The fourth-order valence-electron chi connectivity index (χ4n) is 0.371. The fourth-order valence-corrected chi connectivity index (χ4v) is 1.11. The molecular weight excluding hydrogens is 224 g/mol. The maximum absolute atomic E-state index is 10.2. The van der Waals surface area contributed by atoms with Gasteiger partial charge in [-0.25, -0.2) is 16.8 Å². The van der Waals surface area contributed by atoms with Crippen molar-refractivity contribution < 1.29 is 16.8 Å². The van der Waals surface area contributed by atoms with Gasteiger partial charge in [-0.2, -0.15) is 0 Å². The van der Waals surface area contributed by atoms with Gasteiger partial charge in [0, 0.05) is 23.7 Å². The van der Waals surface area contributed by atoms with Crippen molar-refractivity contribution in [2.75, 3.05) is 18.3 Å². The Morgan fingerprint density at radius 3 is 1.43 bits per heavy atom. The average Bonchev–Trinajstić information content (AvgIpc) is 1.84. The third-order valence-electron chi connectivity index (χ3n) is 0.878. The Labute approximate surface area is 87.9 Å². The lowest BCUT2D eigenvalue weighted by atomic mass is 10.6. The number of hydrogen-bond donors (Lipinski definition) is 0. The molecule has 0 aromatic heterocycles. The van der Waals surface area contributed by atoms with Crippen molar-refractivity contribution in [1.82, 2.24) is 0 Å². The van der Waals surface area contributed by atoms with E-state index >= 15 is 0 Å². The van der Waals surface area contributed by atoms with Gasteiger partial charge in [0.1, 0.15) is 9.84 Å². The second-order valence-electron chi connectivity index (χ2n) is 2.63. The van der Waals surface area contributed by atoms with E-state index in [0.29, 0.717) is 5.75 Å². The Morgan fingerprint density at radius 2 is 1.43 bits per heavy atom. The molecule has 0 radical (unpaired) electrons. The largest absolute Gasteiger partial charge is 0.229 e. The summed E-state index contributed by atoms with van der Waals surface area (Å²) in [6.45, 7) is 4.89. The Balaban J connectivity index is -0.000000163. The summed E-state index contributed by atoms with van der Waals surface area (Å²) >= 11 is 0. The van der Waals surface area contributed by atoms with Crippen LogP contribution in [0.2, 0.25) is 0 Å². The van der Waals surface area contributed by atoms with E-state index in [1.54, 1.807) is 0 Å². The van der Waals surface area contributed by atoms with Gasteiger partial charge in [-0.15, -0.1) is 0 Å². The average molecular weight is 244 g/mol. The van der Waals surface area contributed by atoms with E-state index in [1.165, 1.54) is 6.26 Å². The van der Waals surface area contributed by atoms with Crippen molar-refractivity contribution in [3.8, 4) is 0 Å². The van der Waals surface area contributed by atoms with Crippen LogP contribution in [0.25, 0.3) is 0 Å². The van der Waals surface area contributed by atoms with Crippen LogP contribution in [0.3, 0.4) is 0 Å². The molecule has 0 spiro atoms. The fraction of sp³-hybridized carbons (Fsp3) is 0.750. The highest BCUT2D eigenvalue weighted by Crippen LogP contribution is 1.84. The monoisotopic (exact) mass is 244 g/mol. The lowest BCUT2D eigenvalue weighted by molar-refractivity contribution is 0.600. The second kappa shape index (κ2) is 7.99. The highest BCUT2D eigenvalue weighted by molar-refractivity contribution is 7.93. The minimum atomic E-state index is -2.90. The van der Waals surface area contributed by atoms with E-state index in [0.717, 1.165) is 18.1 Å². The first-order valence-electron chi connectivity index (χ1n) is 3.62. The zero-order valence-electron chi connectivity index (χ0n) is 8.15. The van der Waals surface area contributed by atoms with Gasteiger partial charge in [0.25, 0.3) is 0 Å². The SMILES string of the molecule is C.C=CS(C)(=O)=O.CCCS(C)(=O)=O. The molecule has 0 saturated carbocycles. The summed E-state index contributed by atoms with van der Waals surface area (Å²) in [5.41, 5.74) is 0. The maximum Gasteiger partial charge on any atom is 0.168 e. The van der Waals surface area contributed by atoms with Gasteiger partial charge < -0.3 is 0 Å². The molecule has 0 N–H and O–H groups in total. The zero-order valence-corrected chi connectivity index (χ0v) is 9.78. The molecule has 0 bridgehead atoms. The van der Waals surface area contributed by atoms with Crippen LogP contribution < -0.4 is 0 Å². The molecule has 0 amide bonds. The Hall–Kier alpha value is -0.360. The third kappa shape index (κ3) is 29.9. The molecule has 0 atom stereocenters. The normalized spacial score (nSPS) is 10.5. The van der Waals surface area contributed by atoms with Gasteiger partial charge in [-0.1, -0.05) is 20.9 Å². The van der Waals surface area contributed by atoms with Crippen LogP contribution in [0, 0.1) is 0 Å². The topological polar surface area (TPSA) is 68.3 Å². The van der Waals surface area contributed by atoms with E-state index in [9.17, 15) is 16.8 Å². The van der Waals surface area contributed by atoms with Gasteiger partial charge in [0.2, 0.25) is 0 Å². The minimum absolute atomic E-state index is 0. The van der Waals surface area contributed by atoms with Gasteiger partial charge in [0.05, 0.1) is 0 Å². The molecule has 6 heteroatoms. The zero-order chi connectivity index (χ0) is 11.1. The van der Waals surface area contributed by atoms with Crippen LogP contribution in [0.1, 0.15) is 20.8 Å². The number of hydrogen-bond acceptors (Lipinski definition) is 4. The number of rotatable bonds is 3. The van der Waals surface area contributed by atoms with E-state index in [-0.39, 0.29) is 7.43 Å². The summed E-state index contributed by atoms with van der Waals surface area (Å²) in [6.07, 6.45) is 3.06. The first-order chi connectivity index (χ1) is 5.62. The van der Waals surface area contributed by atoms with Crippen LogP contribution in [-0.2, 0) is 19.7 Å². The standard InChI is InChI=1S/C4H10O2S.C3H6O2S.CH4/c1-3-4-7(2,5)6;1-3-6(2,4)5;/h3-4H2,1-2H3;3H,1H2,2H3;1H4. The molecule has 88 valence electrons. The molecule has 0 aliphatic carbocycles. The van der Waals surface area contributed by atoms with Crippen molar-refractivity contribution >= 4 is 19.7 Å². The van der Waals surface area contributed by atoms with E-state index in [4.69, 9.17) is 0 Å². The van der Waals surface area contributed by atoms with Crippen LogP contribution >= 0.6 is 0 Å². The molecule has 4 nitrogen and oxygen atoms in total. The molecular formula is C8H20O4S2. The van der Waals surface area contributed by atoms with Gasteiger partial charge in [-0.3, -0.25) is 0 Å². The smallest absolute Gasteiger partial charge is 0.168 e. The summed E-state index contributed by atoms with van der Waals surface area (Å²) < 4.78 is 40.2. The van der Waals surface area contributed by atoms with Gasteiger partial charge >= 0.3 is 0 Å². The third-order valence-corrected chi connectivity index (χ3v) is 2.63. The van der Waals surface area contributed by atoms with E-state index in [2.05, 4.69) is 6.58 Å². The quantitative estimate of drug-likeness (QED) is 0.749. The predicted molar refractivity (Wildman–Crippen MR) is 61.8 cm³/mol. The van der Waals surface area contributed by atoms with Gasteiger partial charge in [-0.05, 0) is 6.42 Å². The predicted octanol–water partition coefficient (Wildman–Crippen LogP) is 1.25. The van der Waals surface area contributed by atoms with Crippen LogP contribution in [0.4, 0.5) is 0 Å². The Bertz CT molecular complexity index is 313. The summed E-state index contributed by atoms with van der Waals surface area (Å²) in [5, 5.41) is 0.910. The summed E-state index contributed by atoms with van der Waals surface area (Å²) in [4.78, 5) is 0. The summed E-state index contributed by atoms with van der Waals surface area (Å²) in [7, 11) is -5.57. The highest BCUT2D eigenvalue weighted by Gasteiger charge is 1.95. The second-order valence-corrected chi connectivity index (χ2v) is 6.88. The lowest BCUT2D eigenvalue weighted by Gasteiger charge is -1.87. The van der Waals surface area contributed by atoms with Crippen LogP contribution in [0.5, 0.6) is 0 Å². The van der Waals surface area contributed by atoms with Crippen molar-refractivity contribution in [1.29, 1.82) is 0 Å². The Morgan fingerprint density at radius 1 is 1.14 bits per heavy atom. The molecule has 0 fully saturated rings. The summed E-state index contributed by atoms with van der Waals surface area (Å²) in [5.74, 6) is 0.312. The van der Waals surface area contributed by atoms with E-state index in [1.807, 2.05) is 6.92 Å². The maximum atomic E-state index is 10.2. The molecule has 14 heavy (non-hydrogen) atoms. The number of sulfone groups is 2.